The summed E-state index contributed by atoms with van der Waals surface area (Å²) in [5.74, 6) is -0.981. The molecule has 0 radical (unpaired) electrons. The first-order valence-electron chi connectivity index (χ1n) is 3.30. The van der Waals surface area contributed by atoms with E-state index in [2.05, 4.69) is 4.98 Å². The SMILES string of the molecule is N#Cc1cccnc1CC(=O)O. The summed E-state index contributed by atoms with van der Waals surface area (Å²) in [6, 6.07) is 5.02. The molecular weight excluding hydrogens is 156 g/mol. The highest BCUT2D eigenvalue weighted by molar-refractivity contribution is 5.70. The van der Waals surface area contributed by atoms with Crippen LogP contribution in [0.4, 0.5) is 0 Å². The number of carboxylic acids is 1. The quantitative estimate of drug-likeness (QED) is 0.690. The van der Waals surface area contributed by atoms with Gasteiger partial charge in [-0.3, -0.25) is 9.78 Å². The van der Waals surface area contributed by atoms with E-state index in [1.807, 2.05) is 6.07 Å². The van der Waals surface area contributed by atoms with Crippen molar-refractivity contribution in [1.82, 2.24) is 4.98 Å². The molecule has 0 aromatic carbocycles. The van der Waals surface area contributed by atoms with Crippen molar-refractivity contribution in [2.75, 3.05) is 0 Å². The Hall–Kier alpha value is -1.89. The number of aromatic nitrogens is 1. The Bertz CT molecular complexity index is 341. The van der Waals surface area contributed by atoms with E-state index in [1.54, 1.807) is 12.1 Å². The molecule has 0 atom stereocenters. The van der Waals surface area contributed by atoms with Crippen molar-refractivity contribution >= 4 is 5.97 Å². The molecule has 1 heterocycles. The fourth-order valence-corrected chi connectivity index (χ4v) is 0.824. The predicted octanol–water partition coefficient (Wildman–Crippen LogP) is 0.580. The minimum Gasteiger partial charge on any atom is -0.481 e. The van der Waals surface area contributed by atoms with Gasteiger partial charge in [0.2, 0.25) is 0 Å². The zero-order chi connectivity index (χ0) is 8.97. The average Bonchev–Trinajstić information content (AvgIpc) is 2.04. The standard InChI is InChI=1S/C8H6N2O2/c9-5-6-2-1-3-10-7(6)4-8(11)12/h1-3H,4H2,(H,11,12). The van der Waals surface area contributed by atoms with Crippen LogP contribution in [0.2, 0.25) is 0 Å². The Balaban J connectivity index is 2.99. The van der Waals surface area contributed by atoms with Crippen LogP contribution >= 0.6 is 0 Å². The second-order valence-corrected chi connectivity index (χ2v) is 2.18. The summed E-state index contributed by atoms with van der Waals surface area (Å²) in [5, 5.41) is 17.0. The zero-order valence-corrected chi connectivity index (χ0v) is 6.19. The number of nitriles is 1. The molecule has 0 amide bonds. The van der Waals surface area contributed by atoms with E-state index in [0.717, 1.165) is 0 Å². The van der Waals surface area contributed by atoms with Crippen molar-refractivity contribution in [3.63, 3.8) is 0 Å². The van der Waals surface area contributed by atoms with E-state index in [4.69, 9.17) is 10.4 Å². The van der Waals surface area contributed by atoms with Crippen LogP contribution in [0.3, 0.4) is 0 Å². The molecule has 0 aliphatic rings. The smallest absolute Gasteiger partial charge is 0.309 e. The maximum absolute atomic E-state index is 10.3. The van der Waals surface area contributed by atoms with Crippen LogP contribution in [0, 0.1) is 11.3 Å². The second-order valence-electron chi connectivity index (χ2n) is 2.18. The number of rotatable bonds is 2. The van der Waals surface area contributed by atoms with E-state index < -0.39 is 5.97 Å². The average molecular weight is 162 g/mol. The van der Waals surface area contributed by atoms with Gasteiger partial charge in [0.1, 0.15) is 6.07 Å². The summed E-state index contributed by atoms with van der Waals surface area (Å²) in [6.45, 7) is 0. The van der Waals surface area contributed by atoms with E-state index in [-0.39, 0.29) is 6.42 Å². The van der Waals surface area contributed by atoms with Crippen LogP contribution < -0.4 is 0 Å². The van der Waals surface area contributed by atoms with Gasteiger partial charge in [-0.05, 0) is 12.1 Å². The molecular formula is C8H6N2O2. The maximum atomic E-state index is 10.3. The van der Waals surface area contributed by atoms with E-state index >= 15 is 0 Å². The van der Waals surface area contributed by atoms with Gasteiger partial charge >= 0.3 is 5.97 Å². The number of hydrogen-bond acceptors (Lipinski definition) is 3. The van der Waals surface area contributed by atoms with E-state index in [0.29, 0.717) is 11.3 Å². The first-order valence-corrected chi connectivity index (χ1v) is 3.30. The summed E-state index contributed by atoms with van der Waals surface area (Å²) in [7, 11) is 0. The van der Waals surface area contributed by atoms with Gasteiger partial charge in [0, 0.05) is 6.20 Å². The lowest BCUT2D eigenvalue weighted by molar-refractivity contribution is -0.136. The number of aliphatic carboxylic acids is 1. The van der Waals surface area contributed by atoms with Crippen LogP contribution in [-0.2, 0) is 11.2 Å². The van der Waals surface area contributed by atoms with Crippen molar-refractivity contribution < 1.29 is 9.90 Å². The Morgan fingerprint density at radius 2 is 2.50 bits per heavy atom. The van der Waals surface area contributed by atoms with Gasteiger partial charge < -0.3 is 5.11 Å². The normalized spacial score (nSPS) is 8.92. The molecule has 12 heavy (non-hydrogen) atoms. The summed E-state index contributed by atoms with van der Waals surface area (Å²) in [5.41, 5.74) is 0.632. The van der Waals surface area contributed by atoms with Gasteiger partial charge in [-0.1, -0.05) is 0 Å². The molecule has 0 unspecified atom stereocenters. The Morgan fingerprint density at radius 3 is 3.08 bits per heavy atom. The topological polar surface area (TPSA) is 74.0 Å². The van der Waals surface area contributed by atoms with Crippen molar-refractivity contribution in [1.29, 1.82) is 5.26 Å². The van der Waals surface area contributed by atoms with Gasteiger partial charge in [-0.25, -0.2) is 0 Å². The molecule has 0 fully saturated rings. The molecule has 0 saturated carbocycles. The Morgan fingerprint density at radius 1 is 1.75 bits per heavy atom. The van der Waals surface area contributed by atoms with Crippen LogP contribution in [0.15, 0.2) is 18.3 Å². The summed E-state index contributed by atoms with van der Waals surface area (Å²) in [6.07, 6.45) is 1.27. The van der Waals surface area contributed by atoms with E-state index in [1.165, 1.54) is 6.20 Å². The monoisotopic (exact) mass is 162 g/mol. The van der Waals surface area contributed by atoms with Gasteiger partial charge in [-0.2, -0.15) is 5.26 Å². The molecule has 1 aromatic rings. The summed E-state index contributed by atoms with van der Waals surface area (Å²) in [4.78, 5) is 14.1. The molecule has 0 aliphatic carbocycles. The van der Waals surface area contributed by atoms with Crippen molar-refractivity contribution in [2.24, 2.45) is 0 Å². The number of carboxylic acid groups (broad SMARTS) is 1. The summed E-state index contributed by atoms with van der Waals surface area (Å²) >= 11 is 0. The minimum atomic E-state index is -0.981. The van der Waals surface area contributed by atoms with Gasteiger partial charge in [0.15, 0.2) is 0 Å². The lowest BCUT2D eigenvalue weighted by atomic mass is 10.1. The first-order chi connectivity index (χ1) is 5.74. The molecule has 60 valence electrons. The van der Waals surface area contributed by atoms with Crippen molar-refractivity contribution in [3.8, 4) is 6.07 Å². The fourth-order valence-electron chi connectivity index (χ4n) is 0.824. The molecule has 0 aliphatic heterocycles. The predicted molar refractivity (Wildman–Crippen MR) is 40.3 cm³/mol. The number of nitrogens with zero attached hydrogens (tertiary/aromatic N) is 2. The lowest BCUT2D eigenvalue weighted by Gasteiger charge is -1.96. The minimum absolute atomic E-state index is 0.205. The summed E-state index contributed by atoms with van der Waals surface area (Å²) < 4.78 is 0. The third kappa shape index (κ3) is 1.80. The largest absolute Gasteiger partial charge is 0.481 e. The van der Waals surface area contributed by atoms with Crippen LogP contribution in [0.5, 0.6) is 0 Å². The maximum Gasteiger partial charge on any atom is 0.309 e. The first kappa shape index (κ1) is 8.21. The number of pyridine rings is 1. The fraction of sp³-hybridized carbons (Fsp3) is 0.125. The third-order valence-corrected chi connectivity index (χ3v) is 1.33. The number of hydrogen-bond donors (Lipinski definition) is 1. The number of carbonyl (C=O) groups is 1. The van der Waals surface area contributed by atoms with Gasteiger partial charge in [-0.15, -0.1) is 0 Å². The molecule has 1 N–H and O–H groups in total. The van der Waals surface area contributed by atoms with Crippen molar-refractivity contribution in [2.45, 2.75) is 6.42 Å². The Labute approximate surface area is 69.1 Å². The lowest BCUT2D eigenvalue weighted by Crippen LogP contribution is -2.04. The molecule has 4 heteroatoms. The van der Waals surface area contributed by atoms with Crippen LogP contribution in [0.1, 0.15) is 11.3 Å². The highest BCUT2D eigenvalue weighted by Gasteiger charge is 2.06. The third-order valence-electron chi connectivity index (χ3n) is 1.33. The molecule has 4 nitrogen and oxygen atoms in total. The zero-order valence-electron chi connectivity index (χ0n) is 6.19. The highest BCUT2D eigenvalue weighted by Crippen LogP contribution is 2.03. The molecule has 1 rings (SSSR count). The second kappa shape index (κ2) is 3.49. The Kier molecular flexibility index (Phi) is 2.38. The molecule has 1 aromatic heterocycles. The molecule has 0 spiro atoms. The molecule has 0 bridgehead atoms. The molecule has 0 saturated heterocycles. The van der Waals surface area contributed by atoms with Crippen molar-refractivity contribution in [3.05, 3.63) is 29.6 Å². The van der Waals surface area contributed by atoms with Crippen LogP contribution in [-0.4, -0.2) is 16.1 Å². The van der Waals surface area contributed by atoms with Gasteiger partial charge in [0.25, 0.3) is 0 Å². The van der Waals surface area contributed by atoms with Gasteiger partial charge in [0.05, 0.1) is 17.7 Å². The highest BCUT2D eigenvalue weighted by atomic mass is 16.4. The van der Waals surface area contributed by atoms with E-state index in [9.17, 15) is 4.79 Å². The van der Waals surface area contributed by atoms with Crippen LogP contribution in [0.25, 0.3) is 0 Å².